The van der Waals surface area contributed by atoms with E-state index in [0.29, 0.717) is 10.1 Å². The average molecular weight is 504 g/mol. The fourth-order valence-electron chi connectivity index (χ4n) is 6.45. The summed E-state index contributed by atoms with van der Waals surface area (Å²) in [6.07, 6.45) is 19.3. The third-order valence-corrected chi connectivity index (χ3v) is 18.0. The fraction of sp³-hybridized carbons (Fsp3) is 0.679. The molecule has 1 saturated carbocycles. The van der Waals surface area contributed by atoms with Crippen molar-refractivity contribution in [3.05, 3.63) is 41.5 Å². The molecule has 1 N–H and O–H groups in total. The molecule has 33 heavy (non-hydrogen) atoms. The SMILES string of the molecule is [CH3][Ti]([CH3])([SiH3])([NH]C(=O)C1CCCCCCCCCCC1)[CH]1C=C(N2CCCC2)c2ccccc21. The number of likely N-dealkylation sites (tertiary alicyclic amines) is 1. The summed E-state index contributed by atoms with van der Waals surface area (Å²) >= 11 is -3.22. The van der Waals surface area contributed by atoms with Crippen molar-refractivity contribution in [2.75, 3.05) is 13.1 Å². The first-order chi connectivity index (χ1) is 15.8. The van der Waals surface area contributed by atoms with Gasteiger partial charge in [-0.15, -0.1) is 0 Å². The average Bonchev–Trinajstić information content (AvgIpc) is 3.41. The van der Waals surface area contributed by atoms with E-state index in [4.69, 9.17) is 0 Å². The topological polar surface area (TPSA) is 32.3 Å². The first kappa shape index (κ1) is 25.3. The number of carbonyl (C=O) groups is 1. The molecule has 2 fully saturated rings. The molecule has 1 aromatic rings. The Balaban J connectivity index is 1.52. The summed E-state index contributed by atoms with van der Waals surface area (Å²) in [5.74, 6) is 0.615. The maximum absolute atomic E-state index is 13.8. The Bertz CT molecular complexity index is 841. The van der Waals surface area contributed by atoms with Gasteiger partial charge < -0.3 is 0 Å². The van der Waals surface area contributed by atoms with Gasteiger partial charge in [-0.25, -0.2) is 0 Å². The van der Waals surface area contributed by atoms with Gasteiger partial charge in [0.25, 0.3) is 0 Å². The summed E-state index contributed by atoms with van der Waals surface area (Å²) in [4.78, 5) is 16.4. The monoisotopic (exact) mass is 503 g/mol. The number of nitrogens with one attached hydrogen (secondary N) is 1. The van der Waals surface area contributed by atoms with Crippen molar-refractivity contribution in [1.29, 1.82) is 0 Å². The summed E-state index contributed by atoms with van der Waals surface area (Å²) in [5.41, 5.74) is 4.36. The van der Waals surface area contributed by atoms with Crippen molar-refractivity contribution in [3.63, 3.8) is 0 Å². The summed E-state index contributed by atoms with van der Waals surface area (Å²) in [6.45, 7) is 2.36. The van der Waals surface area contributed by atoms with Crippen LogP contribution in [0.25, 0.3) is 5.70 Å². The van der Waals surface area contributed by atoms with Crippen LogP contribution in [0.4, 0.5) is 0 Å². The number of rotatable bonds is 4. The molecule has 0 aromatic heterocycles. The predicted octanol–water partition coefficient (Wildman–Crippen LogP) is 6.20. The third-order valence-electron chi connectivity index (χ3n) is 8.48. The zero-order valence-electron chi connectivity index (χ0n) is 21.5. The van der Waals surface area contributed by atoms with E-state index >= 15 is 0 Å². The van der Waals surface area contributed by atoms with E-state index in [1.54, 1.807) is 0 Å². The minimum atomic E-state index is -3.22. The number of hydrogen-bond acceptors (Lipinski definition) is 2. The van der Waals surface area contributed by atoms with Gasteiger partial charge in [0.15, 0.2) is 0 Å². The molecule has 1 amide bonds. The van der Waals surface area contributed by atoms with Gasteiger partial charge >= 0.3 is 207 Å². The maximum atomic E-state index is 13.8. The van der Waals surface area contributed by atoms with E-state index in [1.165, 1.54) is 101 Å². The molecule has 1 unspecified atom stereocenters. The van der Waals surface area contributed by atoms with Crippen LogP contribution in [0.1, 0.15) is 98.8 Å². The van der Waals surface area contributed by atoms with E-state index < -0.39 is 14.8 Å². The zero-order chi connectivity index (χ0) is 23.3. The molecule has 3 nitrogen and oxygen atoms in total. The van der Waals surface area contributed by atoms with Crippen molar-refractivity contribution in [1.82, 2.24) is 8.70 Å². The van der Waals surface area contributed by atoms with Crippen LogP contribution >= 0.6 is 0 Å². The molecule has 1 aromatic carbocycles. The summed E-state index contributed by atoms with van der Waals surface area (Å²) in [5, 5.41) is 5.00. The molecule has 1 saturated heterocycles. The molecule has 5 heteroatoms. The Morgan fingerprint density at radius 1 is 0.879 bits per heavy atom. The molecule has 1 atom stereocenters. The van der Waals surface area contributed by atoms with Crippen LogP contribution in [0.3, 0.4) is 0 Å². The first-order valence-electron chi connectivity index (χ1n) is 13.9. The van der Waals surface area contributed by atoms with E-state index in [-0.39, 0.29) is 5.92 Å². The number of benzene rings is 1. The van der Waals surface area contributed by atoms with Crippen LogP contribution in [0.5, 0.6) is 0 Å². The first-order valence-corrected chi connectivity index (χ1v) is 24.4. The van der Waals surface area contributed by atoms with E-state index in [2.05, 4.69) is 49.5 Å². The van der Waals surface area contributed by atoms with Crippen molar-refractivity contribution in [2.24, 2.45) is 5.92 Å². The van der Waals surface area contributed by atoms with Crippen molar-refractivity contribution in [2.45, 2.75) is 98.2 Å². The van der Waals surface area contributed by atoms with Crippen LogP contribution in [0.15, 0.2) is 30.3 Å². The van der Waals surface area contributed by atoms with E-state index in [9.17, 15) is 4.79 Å². The van der Waals surface area contributed by atoms with E-state index in [0.717, 1.165) is 21.0 Å². The minimum absolute atomic E-state index is 0.222. The van der Waals surface area contributed by atoms with Gasteiger partial charge in [-0.05, 0) is 0 Å². The molecule has 0 bridgehead atoms. The Morgan fingerprint density at radius 3 is 2.03 bits per heavy atom. The van der Waals surface area contributed by atoms with Gasteiger partial charge in [0.05, 0.1) is 0 Å². The Hall–Kier alpha value is -0.839. The van der Waals surface area contributed by atoms with E-state index in [1.807, 2.05) is 0 Å². The number of carbonyl (C=O) groups excluding carboxylic acids is 1. The molecule has 0 spiro atoms. The number of nitrogens with zero attached hydrogens (tertiary/aromatic N) is 1. The van der Waals surface area contributed by atoms with Crippen LogP contribution in [-0.4, -0.2) is 32.0 Å². The second-order valence-corrected chi connectivity index (χ2v) is 36.7. The molecule has 0 radical (unpaired) electrons. The molecule has 3 aliphatic rings. The van der Waals surface area contributed by atoms with Gasteiger partial charge in [0.1, 0.15) is 0 Å². The van der Waals surface area contributed by atoms with Crippen LogP contribution in [-0.2, 0) is 19.6 Å². The fourth-order valence-corrected chi connectivity index (χ4v) is 14.6. The molecular formula is C28H47N2OSiTi. The molecule has 4 rings (SSSR count). The molecule has 1 heterocycles. The number of allylic oxidation sites excluding steroid dienone is 1. The van der Waals surface area contributed by atoms with Crippen molar-refractivity contribution < 1.29 is 19.6 Å². The van der Waals surface area contributed by atoms with Gasteiger partial charge in [0.2, 0.25) is 0 Å². The van der Waals surface area contributed by atoms with Crippen molar-refractivity contribution in [3.8, 4) is 0 Å². The Morgan fingerprint density at radius 2 is 1.42 bits per heavy atom. The zero-order valence-corrected chi connectivity index (χ0v) is 25.1. The molecule has 1 aliphatic heterocycles. The third kappa shape index (κ3) is 6.24. The van der Waals surface area contributed by atoms with Crippen LogP contribution in [0.2, 0.25) is 10.5 Å². The van der Waals surface area contributed by atoms with Gasteiger partial charge in [-0.3, -0.25) is 0 Å². The van der Waals surface area contributed by atoms with Gasteiger partial charge in [0, 0.05) is 0 Å². The Kier molecular flexibility index (Phi) is 8.29. The predicted molar refractivity (Wildman–Crippen MR) is 142 cm³/mol. The van der Waals surface area contributed by atoms with Crippen LogP contribution < -0.4 is 3.80 Å². The quantitative estimate of drug-likeness (QED) is 0.497. The second-order valence-electron chi connectivity index (χ2n) is 12.5. The van der Waals surface area contributed by atoms with Crippen LogP contribution in [0, 0.1) is 5.92 Å². The van der Waals surface area contributed by atoms with Crippen molar-refractivity contribution >= 4 is 19.7 Å². The standard InChI is InChI=1S/C13H25NO.C13H14N.2CH3.H3Si.Ti/c14-13(15)12-10-8-6-4-2-1-3-5-7-9-11-12;1-2-6-12-11(5-1)7-8-13(12)14-9-3-4-10-14;;;;/h12H,1-11H2,(H2,14,15);1-2,5-8H,3-4,9-10H2;3*1H3;/q;;;;;+1/p-1. The molecular weight excluding hydrogens is 456 g/mol. The number of fused-ring (bicyclic) bond motifs is 1. The molecule has 183 valence electrons. The summed E-state index contributed by atoms with van der Waals surface area (Å²) < 4.78 is 4.29. The summed E-state index contributed by atoms with van der Waals surface area (Å²) in [6, 6.07) is 9.05. The van der Waals surface area contributed by atoms with Gasteiger partial charge in [-0.1, -0.05) is 0 Å². The Labute approximate surface area is 206 Å². The normalized spacial score (nSPS) is 24.8. The summed E-state index contributed by atoms with van der Waals surface area (Å²) in [7, 11) is 1.09. The number of hydrogen-bond donors (Lipinski definition) is 1. The number of amides is 1. The van der Waals surface area contributed by atoms with Gasteiger partial charge in [-0.2, -0.15) is 0 Å². The second kappa shape index (κ2) is 10.8. The molecule has 2 aliphatic carbocycles.